The smallest absolute Gasteiger partial charge is 0.254 e. The van der Waals surface area contributed by atoms with Gasteiger partial charge >= 0.3 is 0 Å². The average molecular weight is 568 g/mol. The molecule has 3 N–H and O–H groups in total. The monoisotopic (exact) mass is 567 g/mol. The number of methoxy groups -OCH3 is 1. The number of imidazole rings is 1. The third-order valence-corrected chi connectivity index (χ3v) is 10.0. The lowest BCUT2D eigenvalue weighted by atomic mass is 10.0. The zero-order valence-electron chi connectivity index (χ0n) is 24.2. The molecule has 2 saturated heterocycles. The number of amides is 2. The number of piperidine rings is 2. The molecule has 5 heterocycles. The summed E-state index contributed by atoms with van der Waals surface area (Å²) in [6, 6.07) is 10.2. The van der Waals surface area contributed by atoms with Crippen molar-refractivity contribution < 1.29 is 14.3 Å². The minimum atomic E-state index is -0.0558. The predicted molar refractivity (Wildman–Crippen MR) is 159 cm³/mol. The molecule has 2 aliphatic heterocycles. The fourth-order valence-electron chi connectivity index (χ4n) is 7.56. The van der Waals surface area contributed by atoms with Crippen molar-refractivity contribution in [3.8, 4) is 17.3 Å². The highest BCUT2D eigenvalue weighted by molar-refractivity contribution is 6.00. The first kappa shape index (κ1) is 25.8. The van der Waals surface area contributed by atoms with E-state index in [9.17, 15) is 9.59 Å². The molecule has 8 rings (SSSR count). The maximum Gasteiger partial charge on any atom is 0.254 e. The molecule has 10 nitrogen and oxygen atoms in total. The van der Waals surface area contributed by atoms with E-state index in [1.807, 2.05) is 30.1 Å². The van der Waals surface area contributed by atoms with Crippen LogP contribution in [-0.4, -0.2) is 61.6 Å². The lowest BCUT2D eigenvalue weighted by Crippen LogP contribution is -2.41. The zero-order valence-corrected chi connectivity index (χ0v) is 24.2. The van der Waals surface area contributed by atoms with Gasteiger partial charge in [0.25, 0.3) is 5.91 Å². The molecule has 4 aliphatic rings. The van der Waals surface area contributed by atoms with Crippen LogP contribution in [0.15, 0.2) is 30.3 Å². The number of rotatable bonds is 6. The van der Waals surface area contributed by atoms with Gasteiger partial charge in [0.15, 0.2) is 5.82 Å². The molecular weight excluding hydrogens is 530 g/mol. The van der Waals surface area contributed by atoms with Crippen molar-refractivity contribution >= 4 is 33.9 Å². The van der Waals surface area contributed by atoms with E-state index in [-0.39, 0.29) is 29.9 Å². The van der Waals surface area contributed by atoms with Crippen LogP contribution >= 0.6 is 0 Å². The molecule has 0 radical (unpaired) electrons. The van der Waals surface area contributed by atoms with Crippen molar-refractivity contribution in [2.75, 3.05) is 13.7 Å². The number of pyridine rings is 1. The maximum atomic E-state index is 13.7. The number of nitrogens with two attached hydrogens (primary N) is 1. The second kappa shape index (κ2) is 9.55. The highest BCUT2D eigenvalue weighted by atomic mass is 16.5. The quantitative estimate of drug-likeness (QED) is 0.365. The minimum absolute atomic E-state index is 0.000525. The predicted octanol–water partition coefficient (Wildman–Crippen LogP) is 3.91. The number of likely N-dealkylation sites (tertiary alicyclic amines) is 1. The van der Waals surface area contributed by atoms with E-state index in [0.29, 0.717) is 29.6 Å². The molecule has 1 aromatic carbocycles. The van der Waals surface area contributed by atoms with Gasteiger partial charge in [0, 0.05) is 49.6 Å². The first-order valence-corrected chi connectivity index (χ1v) is 15.3. The van der Waals surface area contributed by atoms with Crippen LogP contribution in [0.2, 0.25) is 0 Å². The van der Waals surface area contributed by atoms with E-state index in [4.69, 9.17) is 20.4 Å². The molecule has 2 aliphatic carbocycles. The molecule has 3 unspecified atom stereocenters. The normalized spacial score (nSPS) is 25.5. The van der Waals surface area contributed by atoms with Gasteiger partial charge in [-0.3, -0.25) is 9.59 Å². The van der Waals surface area contributed by atoms with Gasteiger partial charge in [0.1, 0.15) is 16.9 Å². The topological polar surface area (TPSA) is 120 Å². The Morgan fingerprint density at radius 3 is 2.69 bits per heavy atom. The molecule has 2 amide bonds. The van der Waals surface area contributed by atoms with Crippen molar-refractivity contribution in [1.29, 1.82) is 0 Å². The van der Waals surface area contributed by atoms with Crippen LogP contribution in [0.25, 0.3) is 33.6 Å². The molecule has 4 aromatic rings. The first-order valence-electron chi connectivity index (χ1n) is 15.3. The number of fused-ring (bicyclic) bond motifs is 4. The fourth-order valence-corrected chi connectivity index (χ4v) is 7.56. The van der Waals surface area contributed by atoms with Gasteiger partial charge in [-0.15, -0.1) is 0 Å². The van der Waals surface area contributed by atoms with Gasteiger partial charge in [-0.25, -0.2) is 9.97 Å². The van der Waals surface area contributed by atoms with E-state index in [1.54, 1.807) is 7.11 Å². The Hall–Kier alpha value is -3.92. The molecule has 4 atom stereocenters. The van der Waals surface area contributed by atoms with Gasteiger partial charge in [-0.05, 0) is 80.7 Å². The molecule has 2 saturated carbocycles. The molecule has 3 aromatic heterocycles. The van der Waals surface area contributed by atoms with E-state index >= 15 is 0 Å². The summed E-state index contributed by atoms with van der Waals surface area (Å²) >= 11 is 0. The van der Waals surface area contributed by atoms with Crippen molar-refractivity contribution in [3.05, 3.63) is 41.6 Å². The number of nitrogens with zero attached hydrogens (tertiary/aromatic N) is 5. The summed E-state index contributed by atoms with van der Waals surface area (Å²) < 4.78 is 10.2. The largest absolute Gasteiger partial charge is 0.494 e. The Bertz CT molecular complexity index is 1750. The van der Waals surface area contributed by atoms with Crippen LogP contribution in [0.4, 0.5) is 0 Å². The molecule has 2 bridgehead atoms. The Morgan fingerprint density at radius 2 is 1.98 bits per heavy atom. The Labute approximate surface area is 244 Å². The lowest BCUT2D eigenvalue weighted by Gasteiger charge is -2.27. The lowest BCUT2D eigenvalue weighted by molar-refractivity contribution is -0.123. The van der Waals surface area contributed by atoms with Gasteiger partial charge in [0.2, 0.25) is 5.91 Å². The van der Waals surface area contributed by atoms with Crippen LogP contribution < -0.4 is 15.8 Å². The van der Waals surface area contributed by atoms with Crippen molar-refractivity contribution in [1.82, 2.24) is 29.3 Å². The summed E-state index contributed by atoms with van der Waals surface area (Å²) in [5, 5.41) is 4.16. The van der Waals surface area contributed by atoms with Gasteiger partial charge in [0.05, 0.1) is 30.1 Å². The summed E-state index contributed by atoms with van der Waals surface area (Å²) in [6.45, 7) is 1.59. The number of nitrogens with one attached hydrogen (secondary N) is 1. The summed E-state index contributed by atoms with van der Waals surface area (Å²) in [7, 11) is 3.64. The number of hydrogen-bond acceptors (Lipinski definition) is 6. The Balaban J connectivity index is 1.22. The number of aryl methyl sites for hydroxylation is 1. The molecule has 4 fully saturated rings. The summed E-state index contributed by atoms with van der Waals surface area (Å²) in [5.41, 5.74) is 11.4. The Morgan fingerprint density at radius 1 is 1.12 bits per heavy atom. The number of ether oxygens (including phenoxy) is 1. The van der Waals surface area contributed by atoms with Crippen molar-refractivity contribution in [2.45, 2.75) is 69.6 Å². The van der Waals surface area contributed by atoms with Crippen molar-refractivity contribution in [2.24, 2.45) is 24.6 Å². The standard InChI is InChI=1S/C32H37N7O3/c1-37-29-23(12-20(14-26(29)42-2)32(41)39-16-19-9-11-24(39)28(19)33)36-31(37)25-13-18-8-10-22(21-4-3-5-27(40)34-21)35-30(18)38(25)15-17-6-7-17/h8,10,12-14,17,19,21,24,28H,3-7,9,11,15-16,33H2,1-2H3,(H,34,40)/t19?,21?,24?,28-/m1/s1. The number of benzene rings is 1. The number of aromatic nitrogens is 4. The molecule has 218 valence electrons. The van der Waals surface area contributed by atoms with Crippen LogP contribution in [0.5, 0.6) is 5.75 Å². The third-order valence-electron chi connectivity index (χ3n) is 10.0. The highest BCUT2D eigenvalue weighted by Gasteiger charge is 2.47. The van der Waals surface area contributed by atoms with Crippen LogP contribution in [-0.2, 0) is 18.4 Å². The van der Waals surface area contributed by atoms with E-state index < -0.39 is 0 Å². The maximum absolute atomic E-state index is 13.7. The van der Waals surface area contributed by atoms with Crippen molar-refractivity contribution in [3.63, 3.8) is 0 Å². The second-order valence-electron chi connectivity index (χ2n) is 12.7. The second-order valence-corrected chi connectivity index (χ2v) is 12.7. The van der Waals surface area contributed by atoms with E-state index in [0.717, 1.165) is 78.1 Å². The first-order chi connectivity index (χ1) is 20.4. The number of carbonyl (C=O) groups is 2. The van der Waals surface area contributed by atoms with Gasteiger partial charge in [-0.2, -0.15) is 0 Å². The van der Waals surface area contributed by atoms with E-state index in [1.165, 1.54) is 12.8 Å². The summed E-state index contributed by atoms with van der Waals surface area (Å²) in [5.74, 6) is 2.54. The fraction of sp³-hybridized carbons (Fsp3) is 0.500. The van der Waals surface area contributed by atoms with Gasteiger partial charge < -0.3 is 29.8 Å². The molecular formula is C32H37N7O3. The highest BCUT2D eigenvalue weighted by Crippen LogP contribution is 2.40. The van der Waals surface area contributed by atoms with Crippen LogP contribution in [0, 0.1) is 11.8 Å². The zero-order chi connectivity index (χ0) is 28.7. The SMILES string of the molecule is COc1cc(C(=O)N2CC3CCC2[C@@H]3N)cc2nc(-c3cc4ccc(C5CCCC(=O)N5)nc4n3CC3CC3)n(C)c12. The third kappa shape index (κ3) is 4.02. The number of carbonyl (C=O) groups excluding carboxylic acids is 2. The van der Waals surface area contributed by atoms with Gasteiger partial charge in [-0.1, -0.05) is 0 Å². The number of hydrogen-bond donors (Lipinski definition) is 2. The summed E-state index contributed by atoms with van der Waals surface area (Å²) in [6.07, 6.45) is 6.85. The summed E-state index contributed by atoms with van der Waals surface area (Å²) in [4.78, 5) is 37.9. The molecule has 0 spiro atoms. The van der Waals surface area contributed by atoms with E-state index in [2.05, 4.69) is 26.6 Å². The van der Waals surface area contributed by atoms with Crippen LogP contribution in [0.1, 0.15) is 67.0 Å². The van der Waals surface area contributed by atoms with Crippen LogP contribution in [0.3, 0.4) is 0 Å². The average Bonchev–Trinajstić information content (AvgIpc) is 3.40. The molecule has 10 heteroatoms. The Kier molecular flexibility index (Phi) is 5.86. The molecule has 42 heavy (non-hydrogen) atoms. The minimum Gasteiger partial charge on any atom is -0.494 e.